The lowest BCUT2D eigenvalue weighted by Gasteiger charge is -2.31. The highest BCUT2D eigenvalue weighted by Crippen LogP contribution is 2.16. The molecule has 1 saturated heterocycles. The Morgan fingerprint density at radius 1 is 1.64 bits per heavy atom. The van der Waals surface area contributed by atoms with E-state index in [9.17, 15) is 4.79 Å². The molecule has 0 aliphatic carbocycles. The van der Waals surface area contributed by atoms with Crippen LogP contribution in [0.1, 0.15) is 19.3 Å². The average Bonchev–Trinajstić information content (AvgIpc) is 2.25. The lowest BCUT2D eigenvalue weighted by atomic mass is 9.97. The van der Waals surface area contributed by atoms with Crippen LogP contribution in [0.25, 0.3) is 0 Å². The van der Waals surface area contributed by atoms with Crippen molar-refractivity contribution in [1.29, 1.82) is 0 Å². The van der Waals surface area contributed by atoms with E-state index in [0.29, 0.717) is 0 Å². The molecule has 3 nitrogen and oxygen atoms in total. The van der Waals surface area contributed by atoms with Crippen LogP contribution < -0.4 is 5.32 Å². The molecular formula is C10H19BrN2O. The molecule has 1 amide bonds. The lowest BCUT2D eigenvalue weighted by molar-refractivity contribution is -0.126. The van der Waals surface area contributed by atoms with Crippen LogP contribution in [0.5, 0.6) is 0 Å². The first-order chi connectivity index (χ1) is 6.77. The van der Waals surface area contributed by atoms with Crippen molar-refractivity contribution in [3.05, 3.63) is 0 Å². The number of amides is 1. The summed E-state index contributed by atoms with van der Waals surface area (Å²) in [5, 5.41) is 3.79. The summed E-state index contributed by atoms with van der Waals surface area (Å²) in [4.78, 5) is 13.8. The number of likely N-dealkylation sites (tertiary alicyclic amines) is 1. The van der Waals surface area contributed by atoms with Gasteiger partial charge in [-0.2, -0.15) is 0 Å². The Kier molecular flexibility index (Phi) is 5.48. The number of hydrogen-bond acceptors (Lipinski definition) is 2. The van der Waals surface area contributed by atoms with Crippen molar-refractivity contribution >= 4 is 21.8 Å². The van der Waals surface area contributed by atoms with E-state index in [4.69, 9.17) is 0 Å². The highest BCUT2D eigenvalue weighted by Gasteiger charge is 2.24. The van der Waals surface area contributed by atoms with Gasteiger partial charge in [-0.05, 0) is 32.4 Å². The van der Waals surface area contributed by atoms with Gasteiger partial charge in [0.15, 0.2) is 0 Å². The third-order valence-corrected chi connectivity index (χ3v) is 3.29. The van der Waals surface area contributed by atoms with Gasteiger partial charge in [0.1, 0.15) is 0 Å². The largest absolute Gasteiger partial charge is 0.359 e. The molecule has 1 aliphatic rings. The molecule has 4 heteroatoms. The second kappa shape index (κ2) is 6.40. The minimum atomic E-state index is 0.202. The van der Waals surface area contributed by atoms with E-state index >= 15 is 0 Å². The Labute approximate surface area is 94.4 Å². The molecule has 0 spiro atoms. The number of carbonyl (C=O) groups is 1. The van der Waals surface area contributed by atoms with Gasteiger partial charge in [-0.15, -0.1) is 0 Å². The molecule has 1 atom stereocenters. The summed E-state index contributed by atoms with van der Waals surface area (Å²) in [6.07, 6.45) is 3.37. The van der Waals surface area contributed by atoms with Gasteiger partial charge in [0.05, 0.1) is 5.92 Å². The molecule has 0 aromatic carbocycles. The Hall–Kier alpha value is -0.0900. The van der Waals surface area contributed by atoms with Gasteiger partial charge in [0.2, 0.25) is 5.91 Å². The summed E-state index contributed by atoms with van der Waals surface area (Å²) in [5.74, 6) is 0.414. The van der Waals surface area contributed by atoms with E-state index in [-0.39, 0.29) is 11.8 Å². The molecule has 14 heavy (non-hydrogen) atoms. The van der Waals surface area contributed by atoms with Crippen LogP contribution in [-0.2, 0) is 4.79 Å². The number of rotatable bonds is 4. The number of hydrogen-bond donors (Lipinski definition) is 1. The fourth-order valence-electron chi connectivity index (χ4n) is 1.96. The fraction of sp³-hybridized carbons (Fsp3) is 0.900. The predicted molar refractivity (Wildman–Crippen MR) is 61.6 cm³/mol. The van der Waals surface area contributed by atoms with Crippen molar-refractivity contribution in [3.8, 4) is 0 Å². The van der Waals surface area contributed by atoms with Crippen LogP contribution in [0.15, 0.2) is 0 Å². The maximum absolute atomic E-state index is 11.4. The summed E-state index contributed by atoms with van der Waals surface area (Å²) in [5.41, 5.74) is 0. The molecular weight excluding hydrogens is 244 g/mol. The van der Waals surface area contributed by atoms with Crippen molar-refractivity contribution < 1.29 is 4.79 Å². The van der Waals surface area contributed by atoms with E-state index in [1.54, 1.807) is 7.05 Å². The van der Waals surface area contributed by atoms with Gasteiger partial charge in [-0.25, -0.2) is 0 Å². The lowest BCUT2D eigenvalue weighted by Crippen LogP contribution is -2.42. The number of carbonyl (C=O) groups excluding carboxylic acids is 1. The van der Waals surface area contributed by atoms with Gasteiger partial charge < -0.3 is 10.2 Å². The zero-order valence-electron chi connectivity index (χ0n) is 8.76. The predicted octanol–water partition coefficient (Wildman–Crippen LogP) is 1.23. The highest BCUT2D eigenvalue weighted by molar-refractivity contribution is 9.09. The van der Waals surface area contributed by atoms with Crippen molar-refractivity contribution in [2.24, 2.45) is 5.92 Å². The van der Waals surface area contributed by atoms with Crippen LogP contribution in [0.3, 0.4) is 0 Å². The van der Waals surface area contributed by atoms with Crippen LogP contribution in [0.2, 0.25) is 0 Å². The highest BCUT2D eigenvalue weighted by atomic mass is 79.9. The molecule has 1 aliphatic heterocycles. The topological polar surface area (TPSA) is 32.3 Å². The molecule has 0 aromatic heterocycles. The summed E-state index contributed by atoms with van der Waals surface area (Å²) in [6.45, 7) is 3.20. The van der Waals surface area contributed by atoms with E-state index in [0.717, 1.165) is 37.8 Å². The van der Waals surface area contributed by atoms with Crippen LogP contribution >= 0.6 is 15.9 Å². The van der Waals surface area contributed by atoms with Crippen LogP contribution in [0, 0.1) is 5.92 Å². The van der Waals surface area contributed by atoms with Crippen LogP contribution in [-0.4, -0.2) is 42.8 Å². The minimum absolute atomic E-state index is 0.202. The Balaban J connectivity index is 2.31. The summed E-state index contributed by atoms with van der Waals surface area (Å²) in [6, 6.07) is 0. The van der Waals surface area contributed by atoms with Crippen molar-refractivity contribution in [2.45, 2.75) is 19.3 Å². The Morgan fingerprint density at radius 3 is 3.07 bits per heavy atom. The van der Waals surface area contributed by atoms with E-state index in [1.807, 2.05) is 0 Å². The molecule has 0 bridgehead atoms. The fourth-order valence-corrected chi connectivity index (χ4v) is 2.21. The normalized spacial score (nSPS) is 23.4. The number of halogens is 1. The zero-order chi connectivity index (χ0) is 10.4. The summed E-state index contributed by atoms with van der Waals surface area (Å²) in [7, 11) is 1.72. The zero-order valence-corrected chi connectivity index (χ0v) is 10.3. The molecule has 1 heterocycles. The maximum Gasteiger partial charge on any atom is 0.224 e. The van der Waals surface area contributed by atoms with Crippen LogP contribution in [0.4, 0.5) is 0 Å². The number of piperidine rings is 1. The van der Waals surface area contributed by atoms with Crippen molar-refractivity contribution in [2.75, 3.05) is 32.0 Å². The second-order valence-corrected chi connectivity index (χ2v) is 4.59. The average molecular weight is 263 g/mol. The van der Waals surface area contributed by atoms with Gasteiger partial charge in [-0.3, -0.25) is 4.79 Å². The quantitative estimate of drug-likeness (QED) is 0.774. The van der Waals surface area contributed by atoms with E-state index in [2.05, 4.69) is 26.1 Å². The SMILES string of the molecule is CNC(=O)C1CCCN(CCCBr)C1. The molecule has 1 fully saturated rings. The summed E-state index contributed by atoms with van der Waals surface area (Å²) < 4.78 is 0. The standard InChI is InChI=1S/C10H19BrN2O/c1-12-10(14)9-4-2-6-13(8-9)7-3-5-11/h9H,2-8H2,1H3,(H,12,14). The van der Waals surface area contributed by atoms with Gasteiger partial charge in [0.25, 0.3) is 0 Å². The van der Waals surface area contributed by atoms with E-state index < -0.39 is 0 Å². The molecule has 0 aromatic rings. The molecule has 1 unspecified atom stereocenters. The smallest absolute Gasteiger partial charge is 0.224 e. The number of nitrogens with one attached hydrogen (secondary N) is 1. The first-order valence-electron chi connectivity index (χ1n) is 5.28. The molecule has 82 valence electrons. The third-order valence-electron chi connectivity index (χ3n) is 2.73. The summed E-state index contributed by atoms with van der Waals surface area (Å²) >= 11 is 3.43. The molecule has 1 rings (SSSR count). The van der Waals surface area contributed by atoms with Gasteiger partial charge in [0, 0.05) is 18.9 Å². The molecule has 0 saturated carbocycles. The molecule has 1 N–H and O–H groups in total. The third kappa shape index (κ3) is 3.58. The monoisotopic (exact) mass is 262 g/mol. The number of alkyl halides is 1. The van der Waals surface area contributed by atoms with E-state index in [1.165, 1.54) is 6.42 Å². The first kappa shape index (κ1) is 12.0. The van der Waals surface area contributed by atoms with Gasteiger partial charge >= 0.3 is 0 Å². The minimum Gasteiger partial charge on any atom is -0.359 e. The molecule has 0 radical (unpaired) electrons. The maximum atomic E-state index is 11.4. The first-order valence-corrected chi connectivity index (χ1v) is 6.40. The van der Waals surface area contributed by atoms with Gasteiger partial charge in [-0.1, -0.05) is 15.9 Å². The Morgan fingerprint density at radius 2 is 2.43 bits per heavy atom. The Bertz CT molecular complexity index is 187. The van der Waals surface area contributed by atoms with Crippen molar-refractivity contribution in [1.82, 2.24) is 10.2 Å². The number of nitrogens with zero attached hydrogens (tertiary/aromatic N) is 1. The second-order valence-electron chi connectivity index (χ2n) is 3.80. The van der Waals surface area contributed by atoms with Crippen molar-refractivity contribution in [3.63, 3.8) is 0 Å².